The number of hydrogen-bond donors (Lipinski definition) is 2. The lowest BCUT2D eigenvalue weighted by atomic mass is 9.64. The van der Waals surface area contributed by atoms with Gasteiger partial charge in [0, 0.05) is 25.6 Å². The zero-order valence-electron chi connectivity index (χ0n) is 13.2. The summed E-state index contributed by atoms with van der Waals surface area (Å²) >= 11 is 1.89. The standard InChI is InChI=1S/C17H27N3S/c1-18-16(19-12-7-13-21-2)20-14-17(10-6-11-17)15-8-4-3-5-9-15/h3-5,8-9H,6-7,10-14H2,1-2H3,(H2,18,19,20). The van der Waals surface area contributed by atoms with Crippen LogP contribution < -0.4 is 10.6 Å². The molecule has 1 aromatic rings. The van der Waals surface area contributed by atoms with E-state index in [-0.39, 0.29) is 0 Å². The molecular weight excluding hydrogens is 278 g/mol. The Morgan fingerprint density at radius 2 is 2.00 bits per heavy atom. The number of nitrogens with zero attached hydrogens (tertiary/aromatic N) is 1. The van der Waals surface area contributed by atoms with Gasteiger partial charge in [0.25, 0.3) is 0 Å². The molecule has 2 N–H and O–H groups in total. The first kappa shape index (κ1) is 16.2. The van der Waals surface area contributed by atoms with E-state index in [4.69, 9.17) is 0 Å². The normalized spacial score (nSPS) is 17.1. The summed E-state index contributed by atoms with van der Waals surface area (Å²) < 4.78 is 0. The fraction of sp³-hybridized carbons (Fsp3) is 0.588. The zero-order chi connectivity index (χ0) is 15.0. The molecule has 0 bridgehead atoms. The molecule has 21 heavy (non-hydrogen) atoms. The second-order valence-electron chi connectivity index (χ2n) is 5.70. The van der Waals surface area contributed by atoms with E-state index in [1.807, 2.05) is 18.8 Å². The van der Waals surface area contributed by atoms with E-state index in [2.05, 4.69) is 52.2 Å². The number of aliphatic imine (C=N–C) groups is 1. The van der Waals surface area contributed by atoms with E-state index in [0.717, 1.165) is 19.0 Å². The molecule has 0 radical (unpaired) electrons. The Morgan fingerprint density at radius 3 is 2.57 bits per heavy atom. The van der Waals surface area contributed by atoms with Gasteiger partial charge in [0.1, 0.15) is 0 Å². The van der Waals surface area contributed by atoms with Crippen molar-refractivity contribution in [2.24, 2.45) is 4.99 Å². The molecule has 1 saturated carbocycles. The van der Waals surface area contributed by atoms with Crippen molar-refractivity contribution in [3.63, 3.8) is 0 Å². The van der Waals surface area contributed by atoms with Crippen molar-refractivity contribution in [1.29, 1.82) is 0 Å². The molecule has 0 saturated heterocycles. The van der Waals surface area contributed by atoms with Gasteiger partial charge in [-0.05, 0) is 36.8 Å². The highest BCUT2D eigenvalue weighted by atomic mass is 32.2. The molecule has 1 aromatic carbocycles. The monoisotopic (exact) mass is 305 g/mol. The Hall–Kier alpha value is -1.16. The van der Waals surface area contributed by atoms with Crippen LogP contribution in [0.4, 0.5) is 0 Å². The lowest BCUT2D eigenvalue weighted by Crippen LogP contribution is -2.49. The predicted octanol–water partition coefficient (Wildman–Crippen LogP) is 3.03. The van der Waals surface area contributed by atoms with Gasteiger partial charge >= 0.3 is 0 Å². The van der Waals surface area contributed by atoms with Crippen LogP contribution in [0.1, 0.15) is 31.2 Å². The molecule has 2 rings (SSSR count). The molecule has 1 aliphatic carbocycles. The number of hydrogen-bond acceptors (Lipinski definition) is 2. The Labute approximate surface area is 133 Å². The van der Waals surface area contributed by atoms with E-state index in [0.29, 0.717) is 5.41 Å². The van der Waals surface area contributed by atoms with Gasteiger partial charge in [-0.1, -0.05) is 36.8 Å². The van der Waals surface area contributed by atoms with Crippen molar-refractivity contribution in [2.75, 3.05) is 32.1 Å². The summed E-state index contributed by atoms with van der Waals surface area (Å²) in [5.41, 5.74) is 1.76. The molecule has 0 atom stereocenters. The molecule has 0 aliphatic heterocycles. The molecule has 1 aliphatic rings. The van der Waals surface area contributed by atoms with Crippen LogP contribution in [0, 0.1) is 0 Å². The molecule has 3 nitrogen and oxygen atoms in total. The summed E-state index contributed by atoms with van der Waals surface area (Å²) in [6.45, 7) is 1.96. The van der Waals surface area contributed by atoms with E-state index in [1.54, 1.807) is 0 Å². The van der Waals surface area contributed by atoms with Crippen LogP contribution in [0.5, 0.6) is 0 Å². The lowest BCUT2D eigenvalue weighted by molar-refractivity contribution is 0.244. The number of rotatable bonds is 7. The fourth-order valence-corrected chi connectivity index (χ4v) is 3.29. The minimum atomic E-state index is 0.304. The third-order valence-electron chi connectivity index (χ3n) is 4.33. The van der Waals surface area contributed by atoms with Crippen LogP contribution in [0.25, 0.3) is 0 Å². The van der Waals surface area contributed by atoms with E-state index < -0.39 is 0 Å². The topological polar surface area (TPSA) is 36.4 Å². The second kappa shape index (κ2) is 8.32. The highest BCUT2D eigenvalue weighted by molar-refractivity contribution is 7.98. The molecule has 0 heterocycles. The molecule has 1 fully saturated rings. The smallest absolute Gasteiger partial charge is 0.191 e. The fourth-order valence-electron chi connectivity index (χ4n) is 2.86. The van der Waals surface area contributed by atoms with Crippen LogP contribution in [-0.2, 0) is 5.41 Å². The highest BCUT2D eigenvalue weighted by Crippen LogP contribution is 2.43. The molecular formula is C17H27N3S. The highest BCUT2D eigenvalue weighted by Gasteiger charge is 2.38. The van der Waals surface area contributed by atoms with Gasteiger partial charge < -0.3 is 10.6 Å². The number of benzene rings is 1. The largest absolute Gasteiger partial charge is 0.356 e. The Bertz CT molecular complexity index is 441. The number of thioether (sulfide) groups is 1. The Balaban J connectivity index is 1.85. The van der Waals surface area contributed by atoms with Gasteiger partial charge in [-0.25, -0.2) is 0 Å². The van der Waals surface area contributed by atoms with Crippen molar-refractivity contribution in [3.05, 3.63) is 35.9 Å². The quantitative estimate of drug-likeness (QED) is 0.462. The van der Waals surface area contributed by atoms with Gasteiger partial charge in [0.15, 0.2) is 5.96 Å². The summed E-state index contributed by atoms with van der Waals surface area (Å²) in [5, 5.41) is 6.92. The van der Waals surface area contributed by atoms with E-state index >= 15 is 0 Å². The molecule has 0 amide bonds. The van der Waals surface area contributed by atoms with Crippen LogP contribution >= 0.6 is 11.8 Å². The van der Waals surface area contributed by atoms with Crippen LogP contribution in [0.2, 0.25) is 0 Å². The molecule has 0 spiro atoms. The molecule has 0 unspecified atom stereocenters. The summed E-state index contributed by atoms with van der Waals surface area (Å²) in [4.78, 5) is 4.33. The first-order chi connectivity index (χ1) is 10.3. The average Bonchev–Trinajstić information content (AvgIpc) is 2.49. The molecule has 0 aromatic heterocycles. The van der Waals surface area contributed by atoms with Gasteiger partial charge in [-0.3, -0.25) is 4.99 Å². The zero-order valence-corrected chi connectivity index (χ0v) is 14.0. The van der Waals surface area contributed by atoms with E-state index in [1.165, 1.54) is 37.0 Å². The maximum atomic E-state index is 4.33. The molecule has 116 valence electrons. The summed E-state index contributed by atoms with van der Waals surface area (Å²) in [6.07, 6.45) is 7.19. The SMILES string of the molecule is CN=C(NCCCSC)NCC1(c2ccccc2)CCC1. The van der Waals surface area contributed by atoms with Gasteiger partial charge in [0.2, 0.25) is 0 Å². The van der Waals surface area contributed by atoms with Gasteiger partial charge in [0.05, 0.1) is 0 Å². The molecule has 4 heteroatoms. The van der Waals surface area contributed by atoms with Crippen LogP contribution in [0.15, 0.2) is 35.3 Å². The van der Waals surface area contributed by atoms with Crippen LogP contribution in [0.3, 0.4) is 0 Å². The third kappa shape index (κ3) is 4.40. The van der Waals surface area contributed by atoms with Crippen molar-refractivity contribution >= 4 is 17.7 Å². The van der Waals surface area contributed by atoms with E-state index in [9.17, 15) is 0 Å². The maximum absolute atomic E-state index is 4.33. The third-order valence-corrected chi connectivity index (χ3v) is 5.03. The second-order valence-corrected chi connectivity index (χ2v) is 6.68. The van der Waals surface area contributed by atoms with Crippen molar-refractivity contribution in [2.45, 2.75) is 31.1 Å². The Kier molecular flexibility index (Phi) is 6.43. The minimum absolute atomic E-state index is 0.304. The lowest BCUT2D eigenvalue weighted by Gasteiger charge is -2.43. The average molecular weight is 305 g/mol. The van der Waals surface area contributed by atoms with Crippen molar-refractivity contribution in [3.8, 4) is 0 Å². The van der Waals surface area contributed by atoms with Crippen LogP contribution in [-0.4, -0.2) is 38.1 Å². The summed E-state index contributed by atoms with van der Waals surface area (Å²) in [5.74, 6) is 2.12. The number of nitrogens with one attached hydrogen (secondary N) is 2. The predicted molar refractivity (Wildman–Crippen MR) is 94.3 cm³/mol. The van der Waals surface area contributed by atoms with Crippen molar-refractivity contribution < 1.29 is 0 Å². The first-order valence-electron chi connectivity index (χ1n) is 7.80. The van der Waals surface area contributed by atoms with Gasteiger partial charge in [-0.15, -0.1) is 0 Å². The maximum Gasteiger partial charge on any atom is 0.191 e. The summed E-state index contributed by atoms with van der Waals surface area (Å²) in [7, 11) is 1.85. The number of guanidine groups is 1. The first-order valence-corrected chi connectivity index (χ1v) is 9.19. The van der Waals surface area contributed by atoms with Crippen molar-refractivity contribution in [1.82, 2.24) is 10.6 Å². The minimum Gasteiger partial charge on any atom is -0.356 e. The van der Waals surface area contributed by atoms with Gasteiger partial charge in [-0.2, -0.15) is 11.8 Å². The Morgan fingerprint density at radius 1 is 1.24 bits per heavy atom. The summed E-state index contributed by atoms with van der Waals surface area (Å²) in [6, 6.07) is 10.9.